The molecule has 0 unspecified atom stereocenters. The quantitative estimate of drug-likeness (QED) is 0.520. The van der Waals surface area contributed by atoms with Gasteiger partial charge in [0, 0.05) is 0 Å². The van der Waals surface area contributed by atoms with Crippen LogP contribution < -0.4 is 0 Å². The van der Waals surface area contributed by atoms with Gasteiger partial charge in [-0.15, -0.1) is 5.73 Å². The number of hydrogen-bond acceptors (Lipinski definition) is 0. The average Bonchev–Trinajstić information content (AvgIpc) is 2.13. The van der Waals surface area contributed by atoms with Crippen LogP contribution in [-0.4, -0.2) is 0 Å². The van der Waals surface area contributed by atoms with Crippen LogP contribution >= 0.6 is 0 Å². The standard InChI is InChI=1S/C13H12F2/c1-4-5-10-7-12(14)13(15)8-11(10)6-9(2)3/h5,7-8H,1-2,6H2,3H3. The lowest BCUT2D eigenvalue weighted by Crippen LogP contribution is -1.95. The molecule has 0 radical (unpaired) electrons. The average molecular weight is 206 g/mol. The Morgan fingerprint density at radius 3 is 2.53 bits per heavy atom. The van der Waals surface area contributed by atoms with Crippen LogP contribution in [-0.2, 0) is 6.42 Å². The molecule has 0 aliphatic heterocycles. The summed E-state index contributed by atoms with van der Waals surface area (Å²) in [6.45, 7) is 8.98. The van der Waals surface area contributed by atoms with E-state index in [4.69, 9.17) is 0 Å². The summed E-state index contributed by atoms with van der Waals surface area (Å²) in [7, 11) is 0. The Hall–Kier alpha value is -1.66. The summed E-state index contributed by atoms with van der Waals surface area (Å²) in [6.07, 6.45) is 2.05. The summed E-state index contributed by atoms with van der Waals surface area (Å²) in [5, 5.41) is 0. The van der Waals surface area contributed by atoms with E-state index in [9.17, 15) is 8.78 Å². The van der Waals surface area contributed by atoms with Gasteiger partial charge in [0.25, 0.3) is 0 Å². The Bertz CT molecular complexity index is 438. The Morgan fingerprint density at radius 2 is 2.00 bits per heavy atom. The number of rotatable bonds is 3. The van der Waals surface area contributed by atoms with Gasteiger partial charge in [0.2, 0.25) is 0 Å². The third kappa shape index (κ3) is 2.90. The number of halogens is 2. The van der Waals surface area contributed by atoms with Gasteiger partial charge < -0.3 is 0 Å². The molecular formula is C13H12F2. The maximum absolute atomic E-state index is 13.0. The van der Waals surface area contributed by atoms with E-state index >= 15 is 0 Å². The fraction of sp³-hybridized carbons (Fsp3) is 0.154. The Morgan fingerprint density at radius 1 is 1.40 bits per heavy atom. The van der Waals surface area contributed by atoms with Crippen LogP contribution in [0.5, 0.6) is 0 Å². The molecule has 0 saturated carbocycles. The first-order valence-corrected chi connectivity index (χ1v) is 4.52. The monoisotopic (exact) mass is 206 g/mol. The highest BCUT2D eigenvalue weighted by Crippen LogP contribution is 2.18. The highest BCUT2D eigenvalue weighted by atomic mass is 19.2. The van der Waals surface area contributed by atoms with Crippen LogP contribution in [0, 0.1) is 11.6 Å². The first-order chi connectivity index (χ1) is 7.04. The summed E-state index contributed by atoms with van der Waals surface area (Å²) in [4.78, 5) is 0. The molecule has 0 amide bonds. The minimum Gasteiger partial charge on any atom is -0.204 e. The minimum absolute atomic E-state index is 0.519. The molecular weight excluding hydrogens is 194 g/mol. The summed E-state index contributed by atoms with van der Waals surface area (Å²) in [5.74, 6) is -1.70. The summed E-state index contributed by atoms with van der Waals surface area (Å²) >= 11 is 0. The molecule has 0 saturated heterocycles. The van der Waals surface area contributed by atoms with Crippen LogP contribution in [0.25, 0.3) is 6.08 Å². The highest BCUT2D eigenvalue weighted by molar-refractivity contribution is 5.54. The molecule has 0 heterocycles. The Balaban J connectivity index is 3.27. The minimum atomic E-state index is -0.859. The van der Waals surface area contributed by atoms with Gasteiger partial charge in [0.1, 0.15) is 0 Å². The van der Waals surface area contributed by atoms with E-state index in [1.54, 1.807) is 0 Å². The van der Waals surface area contributed by atoms with Crippen molar-refractivity contribution in [2.24, 2.45) is 0 Å². The van der Waals surface area contributed by atoms with Gasteiger partial charge in [-0.25, -0.2) is 8.78 Å². The normalized spacial score (nSPS) is 9.53. The molecule has 0 bridgehead atoms. The first-order valence-electron chi connectivity index (χ1n) is 4.52. The van der Waals surface area contributed by atoms with Crippen molar-refractivity contribution in [2.45, 2.75) is 13.3 Å². The first kappa shape index (κ1) is 11.4. The molecule has 78 valence electrons. The van der Waals surface area contributed by atoms with Gasteiger partial charge in [0.05, 0.1) is 0 Å². The Kier molecular flexibility index (Phi) is 3.59. The second-order valence-corrected chi connectivity index (χ2v) is 3.45. The lowest BCUT2D eigenvalue weighted by molar-refractivity contribution is 0.507. The topological polar surface area (TPSA) is 0 Å². The van der Waals surface area contributed by atoms with Crippen molar-refractivity contribution in [3.05, 3.63) is 59.4 Å². The summed E-state index contributed by atoms with van der Waals surface area (Å²) < 4.78 is 25.9. The van der Waals surface area contributed by atoms with Gasteiger partial charge in [-0.3, -0.25) is 0 Å². The van der Waals surface area contributed by atoms with Crippen molar-refractivity contribution in [1.82, 2.24) is 0 Å². The lowest BCUT2D eigenvalue weighted by atomic mass is 10.0. The SMILES string of the molecule is C=C=Cc1cc(F)c(F)cc1CC(=C)C. The van der Waals surface area contributed by atoms with Crippen LogP contribution in [0.4, 0.5) is 8.78 Å². The van der Waals surface area contributed by atoms with Gasteiger partial charge >= 0.3 is 0 Å². The maximum Gasteiger partial charge on any atom is 0.159 e. The van der Waals surface area contributed by atoms with Crippen molar-refractivity contribution in [2.75, 3.05) is 0 Å². The smallest absolute Gasteiger partial charge is 0.159 e. The van der Waals surface area contributed by atoms with Gasteiger partial charge in [-0.1, -0.05) is 18.7 Å². The van der Waals surface area contributed by atoms with Crippen molar-refractivity contribution >= 4 is 6.08 Å². The molecule has 15 heavy (non-hydrogen) atoms. The second kappa shape index (κ2) is 4.72. The maximum atomic E-state index is 13.0. The molecule has 2 heteroatoms. The lowest BCUT2D eigenvalue weighted by Gasteiger charge is -2.06. The van der Waals surface area contributed by atoms with Crippen LogP contribution in [0.15, 0.2) is 36.6 Å². The number of hydrogen-bond donors (Lipinski definition) is 0. The van der Waals surface area contributed by atoms with Crippen molar-refractivity contribution < 1.29 is 8.78 Å². The molecule has 1 rings (SSSR count). The van der Waals surface area contributed by atoms with Gasteiger partial charge in [0.15, 0.2) is 11.6 Å². The highest BCUT2D eigenvalue weighted by Gasteiger charge is 2.07. The number of allylic oxidation sites excluding steroid dienone is 1. The molecule has 0 fully saturated rings. The largest absolute Gasteiger partial charge is 0.204 e. The second-order valence-electron chi connectivity index (χ2n) is 3.45. The van der Waals surface area contributed by atoms with Crippen molar-refractivity contribution in [3.8, 4) is 0 Å². The van der Waals surface area contributed by atoms with E-state index in [-0.39, 0.29) is 0 Å². The van der Waals surface area contributed by atoms with Crippen LogP contribution in [0.1, 0.15) is 18.1 Å². The third-order valence-electron chi connectivity index (χ3n) is 1.93. The van der Waals surface area contributed by atoms with E-state index in [0.29, 0.717) is 17.5 Å². The summed E-state index contributed by atoms with van der Waals surface area (Å²) in [5.41, 5.74) is 4.72. The fourth-order valence-corrected chi connectivity index (χ4v) is 1.33. The third-order valence-corrected chi connectivity index (χ3v) is 1.93. The van der Waals surface area contributed by atoms with Crippen LogP contribution in [0.2, 0.25) is 0 Å². The molecule has 0 aliphatic carbocycles. The van der Waals surface area contributed by atoms with Gasteiger partial charge in [-0.05, 0) is 42.7 Å². The van der Waals surface area contributed by atoms with Crippen LogP contribution in [0.3, 0.4) is 0 Å². The van der Waals surface area contributed by atoms with E-state index in [2.05, 4.69) is 18.9 Å². The molecule has 1 aromatic rings. The van der Waals surface area contributed by atoms with E-state index < -0.39 is 11.6 Å². The van der Waals surface area contributed by atoms with Gasteiger partial charge in [-0.2, -0.15) is 0 Å². The summed E-state index contributed by atoms with van der Waals surface area (Å²) in [6, 6.07) is 2.33. The van der Waals surface area contributed by atoms with E-state index in [1.807, 2.05) is 6.92 Å². The predicted octanol–water partition coefficient (Wildman–Crippen LogP) is 3.88. The molecule has 0 N–H and O–H groups in total. The molecule has 0 atom stereocenters. The Labute approximate surface area is 88.2 Å². The molecule has 0 aromatic heterocycles. The van der Waals surface area contributed by atoms with E-state index in [0.717, 1.165) is 11.6 Å². The number of benzene rings is 1. The molecule has 1 aromatic carbocycles. The zero-order valence-electron chi connectivity index (χ0n) is 8.61. The molecule has 0 aliphatic rings. The van der Waals surface area contributed by atoms with Crippen molar-refractivity contribution in [3.63, 3.8) is 0 Å². The predicted molar refractivity (Wildman–Crippen MR) is 58.5 cm³/mol. The zero-order chi connectivity index (χ0) is 11.4. The zero-order valence-corrected chi connectivity index (χ0v) is 8.61. The van der Waals surface area contributed by atoms with Crippen molar-refractivity contribution in [1.29, 1.82) is 0 Å². The van der Waals surface area contributed by atoms with E-state index in [1.165, 1.54) is 12.1 Å². The molecule has 0 nitrogen and oxygen atoms in total. The molecule has 0 spiro atoms. The fourth-order valence-electron chi connectivity index (χ4n) is 1.33.